The Morgan fingerprint density at radius 1 is 1.50 bits per heavy atom. The molecule has 0 amide bonds. The minimum Gasteiger partial charge on any atom is -0.396 e. The van der Waals surface area contributed by atoms with Crippen molar-refractivity contribution in [3.8, 4) is 0 Å². The van der Waals surface area contributed by atoms with Crippen LogP contribution in [0.4, 0.5) is 0 Å². The zero-order valence-corrected chi connectivity index (χ0v) is 7.20. The second-order valence-corrected chi connectivity index (χ2v) is 2.74. The van der Waals surface area contributed by atoms with Gasteiger partial charge in [0.05, 0.1) is 0 Å². The predicted molar refractivity (Wildman–Crippen MR) is 45.7 cm³/mol. The summed E-state index contributed by atoms with van der Waals surface area (Å²) in [5, 5.41) is 8.81. The van der Waals surface area contributed by atoms with Crippen LogP contribution in [0, 0.1) is 0 Å². The Morgan fingerprint density at radius 3 is 2.58 bits per heavy atom. The minimum absolute atomic E-state index is 0.0593. The average molecular weight is 188 g/mol. The lowest BCUT2D eigenvalue weighted by Crippen LogP contribution is -2.12. The second kappa shape index (κ2) is 4.35. The van der Waals surface area contributed by atoms with E-state index in [1.165, 1.54) is 0 Å². The van der Waals surface area contributed by atoms with Gasteiger partial charge in [0, 0.05) is 30.6 Å². The van der Waals surface area contributed by atoms with E-state index in [2.05, 4.69) is 9.97 Å². The molecule has 1 atom stereocenters. The van der Waals surface area contributed by atoms with Gasteiger partial charge in [-0.15, -0.1) is 0 Å². The lowest BCUT2D eigenvalue weighted by molar-refractivity contribution is 0.276. The Balaban J connectivity index is 2.68. The van der Waals surface area contributed by atoms with E-state index in [0.29, 0.717) is 6.42 Å². The Hall–Kier alpha value is -0.710. The van der Waals surface area contributed by atoms with Crippen LogP contribution < -0.4 is 5.73 Å². The normalized spacial score (nSPS) is 12.9. The Morgan fingerprint density at radius 2 is 2.08 bits per heavy atom. The van der Waals surface area contributed by atoms with Gasteiger partial charge in [0.15, 0.2) is 0 Å². The molecule has 0 radical (unpaired) electrons. The van der Waals surface area contributed by atoms with Crippen LogP contribution in [0.2, 0.25) is 5.28 Å². The molecule has 0 bridgehead atoms. The summed E-state index contributed by atoms with van der Waals surface area (Å²) < 4.78 is 0. The van der Waals surface area contributed by atoms with Crippen LogP contribution in [0.15, 0.2) is 12.4 Å². The summed E-state index contributed by atoms with van der Waals surface area (Å²) >= 11 is 5.48. The molecular formula is C7H10ClN3O. The van der Waals surface area contributed by atoms with Gasteiger partial charge in [0.2, 0.25) is 5.28 Å². The molecular weight excluding hydrogens is 178 g/mol. The summed E-state index contributed by atoms with van der Waals surface area (Å²) in [7, 11) is 0. The molecule has 0 aromatic carbocycles. The average Bonchev–Trinajstić information content (AvgIpc) is 2.06. The molecule has 66 valence electrons. The smallest absolute Gasteiger partial charge is 0.222 e. The number of aromatic nitrogens is 2. The van der Waals surface area contributed by atoms with E-state index in [1.807, 2.05) is 0 Å². The van der Waals surface area contributed by atoms with Crippen LogP contribution in [0.1, 0.15) is 18.0 Å². The highest BCUT2D eigenvalue weighted by molar-refractivity contribution is 6.28. The zero-order chi connectivity index (χ0) is 8.97. The highest BCUT2D eigenvalue weighted by Crippen LogP contribution is 2.11. The first kappa shape index (κ1) is 9.38. The first-order valence-corrected chi connectivity index (χ1v) is 3.95. The molecule has 0 aliphatic rings. The van der Waals surface area contributed by atoms with Crippen molar-refractivity contribution in [2.75, 3.05) is 6.61 Å². The highest BCUT2D eigenvalue weighted by Gasteiger charge is 2.05. The number of nitrogens with two attached hydrogens (primary N) is 1. The molecule has 1 heterocycles. The van der Waals surface area contributed by atoms with Crippen molar-refractivity contribution in [2.24, 2.45) is 5.73 Å². The van der Waals surface area contributed by atoms with Crippen molar-refractivity contribution in [2.45, 2.75) is 12.5 Å². The summed E-state index contributed by atoms with van der Waals surface area (Å²) in [4.78, 5) is 7.55. The standard InChI is InChI=1S/C7H10ClN3O/c8-7-10-3-5(4-11-7)6(9)1-2-12/h3-4,6,12H,1-2,9H2/t6-/m0/s1. The molecule has 0 fully saturated rings. The minimum atomic E-state index is -0.215. The summed E-state index contributed by atoms with van der Waals surface area (Å²) in [6.07, 6.45) is 3.64. The van der Waals surface area contributed by atoms with Gasteiger partial charge in [-0.2, -0.15) is 0 Å². The first-order chi connectivity index (χ1) is 5.74. The SMILES string of the molecule is N[C@@H](CCO)c1cnc(Cl)nc1. The van der Waals surface area contributed by atoms with Gasteiger partial charge in [-0.05, 0) is 18.0 Å². The monoisotopic (exact) mass is 187 g/mol. The molecule has 1 rings (SSSR count). The van der Waals surface area contributed by atoms with E-state index < -0.39 is 0 Å². The molecule has 5 heteroatoms. The van der Waals surface area contributed by atoms with Crippen molar-refractivity contribution in [3.63, 3.8) is 0 Å². The fourth-order valence-corrected chi connectivity index (χ4v) is 0.917. The van der Waals surface area contributed by atoms with Gasteiger partial charge < -0.3 is 10.8 Å². The fraction of sp³-hybridized carbons (Fsp3) is 0.429. The maximum atomic E-state index is 8.61. The third kappa shape index (κ3) is 2.41. The summed E-state index contributed by atoms with van der Waals surface area (Å²) in [5.74, 6) is 0. The van der Waals surface area contributed by atoms with Gasteiger partial charge in [0.25, 0.3) is 0 Å². The van der Waals surface area contributed by atoms with Crippen molar-refractivity contribution >= 4 is 11.6 Å². The van der Waals surface area contributed by atoms with Crippen LogP contribution in [-0.4, -0.2) is 21.7 Å². The van der Waals surface area contributed by atoms with E-state index in [4.69, 9.17) is 22.4 Å². The number of halogens is 1. The van der Waals surface area contributed by atoms with Crippen LogP contribution in [0.25, 0.3) is 0 Å². The van der Waals surface area contributed by atoms with E-state index in [9.17, 15) is 0 Å². The quantitative estimate of drug-likeness (QED) is 0.677. The van der Waals surface area contributed by atoms with Gasteiger partial charge in [0.1, 0.15) is 0 Å². The zero-order valence-electron chi connectivity index (χ0n) is 6.44. The Bertz CT molecular complexity index is 239. The fourth-order valence-electron chi connectivity index (χ4n) is 0.819. The van der Waals surface area contributed by atoms with E-state index in [0.717, 1.165) is 5.56 Å². The van der Waals surface area contributed by atoms with Crippen molar-refractivity contribution in [1.82, 2.24) is 9.97 Å². The van der Waals surface area contributed by atoms with Crippen LogP contribution in [0.5, 0.6) is 0 Å². The topological polar surface area (TPSA) is 72.0 Å². The lowest BCUT2D eigenvalue weighted by atomic mass is 10.1. The first-order valence-electron chi connectivity index (χ1n) is 3.58. The highest BCUT2D eigenvalue weighted by atomic mass is 35.5. The molecule has 3 N–H and O–H groups in total. The lowest BCUT2D eigenvalue weighted by Gasteiger charge is -2.08. The molecule has 0 aliphatic heterocycles. The van der Waals surface area contributed by atoms with E-state index in [-0.39, 0.29) is 17.9 Å². The molecule has 1 aromatic rings. The number of hydrogen-bond acceptors (Lipinski definition) is 4. The maximum absolute atomic E-state index is 8.61. The summed E-state index contributed by atoms with van der Waals surface area (Å²) in [6, 6.07) is -0.215. The van der Waals surface area contributed by atoms with Crippen molar-refractivity contribution in [3.05, 3.63) is 23.2 Å². The number of aliphatic hydroxyl groups excluding tert-OH is 1. The third-order valence-corrected chi connectivity index (χ3v) is 1.70. The number of aliphatic hydroxyl groups is 1. The summed E-state index contributed by atoms with van der Waals surface area (Å²) in [6.45, 7) is 0.0593. The van der Waals surface area contributed by atoms with Crippen molar-refractivity contribution < 1.29 is 5.11 Å². The number of nitrogens with zero attached hydrogens (tertiary/aromatic N) is 2. The second-order valence-electron chi connectivity index (χ2n) is 2.40. The predicted octanol–water partition coefficient (Wildman–Crippen LogP) is 0.512. The molecule has 0 aliphatic carbocycles. The molecule has 12 heavy (non-hydrogen) atoms. The van der Waals surface area contributed by atoms with Crippen LogP contribution in [-0.2, 0) is 0 Å². The molecule has 0 spiro atoms. The summed E-state index contributed by atoms with van der Waals surface area (Å²) in [5.41, 5.74) is 6.46. The van der Waals surface area contributed by atoms with Gasteiger partial charge in [-0.1, -0.05) is 0 Å². The van der Waals surface area contributed by atoms with E-state index in [1.54, 1.807) is 12.4 Å². The third-order valence-electron chi connectivity index (χ3n) is 1.51. The Labute approximate surface area is 75.4 Å². The molecule has 0 unspecified atom stereocenters. The molecule has 0 saturated carbocycles. The van der Waals surface area contributed by atoms with Gasteiger partial charge >= 0.3 is 0 Å². The molecule has 1 aromatic heterocycles. The van der Waals surface area contributed by atoms with Crippen molar-refractivity contribution in [1.29, 1.82) is 0 Å². The van der Waals surface area contributed by atoms with Gasteiger partial charge in [-0.3, -0.25) is 0 Å². The number of hydrogen-bond donors (Lipinski definition) is 2. The van der Waals surface area contributed by atoms with Gasteiger partial charge in [-0.25, -0.2) is 9.97 Å². The van der Waals surface area contributed by atoms with E-state index >= 15 is 0 Å². The number of rotatable bonds is 3. The van der Waals surface area contributed by atoms with Crippen LogP contribution in [0.3, 0.4) is 0 Å². The van der Waals surface area contributed by atoms with Crippen LogP contribution >= 0.6 is 11.6 Å². The largest absolute Gasteiger partial charge is 0.396 e. The molecule has 4 nitrogen and oxygen atoms in total. The maximum Gasteiger partial charge on any atom is 0.222 e. The molecule has 0 saturated heterocycles. The Kier molecular flexibility index (Phi) is 3.40.